The maximum atomic E-state index is 13.6. The van der Waals surface area contributed by atoms with Gasteiger partial charge in [0.15, 0.2) is 0 Å². The van der Waals surface area contributed by atoms with Gasteiger partial charge in [0.05, 0.1) is 16.3 Å². The predicted octanol–water partition coefficient (Wildman–Crippen LogP) is 3.76. The minimum absolute atomic E-state index is 0.176. The van der Waals surface area contributed by atoms with Crippen molar-refractivity contribution < 1.29 is 13.6 Å². The van der Waals surface area contributed by atoms with Gasteiger partial charge in [0.1, 0.15) is 11.6 Å². The second-order valence-electron chi connectivity index (χ2n) is 4.27. The van der Waals surface area contributed by atoms with Crippen LogP contribution in [0.4, 0.5) is 20.2 Å². The van der Waals surface area contributed by atoms with Crippen LogP contribution in [0.15, 0.2) is 30.3 Å². The highest BCUT2D eigenvalue weighted by Crippen LogP contribution is 2.25. The van der Waals surface area contributed by atoms with Gasteiger partial charge in [-0.2, -0.15) is 0 Å². The van der Waals surface area contributed by atoms with E-state index in [1.54, 1.807) is 6.07 Å². The number of nitrogens with one attached hydrogen (secondary N) is 1. The molecule has 0 saturated carbocycles. The van der Waals surface area contributed by atoms with Gasteiger partial charge in [0.2, 0.25) is 0 Å². The Morgan fingerprint density at radius 3 is 2.60 bits per heavy atom. The van der Waals surface area contributed by atoms with Crippen molar-refractivity contribution in [3.05, 3.63) is 58.1 Å². The molecule has 0 heterocycles. The van der Waals surface area contributed by atoms with Gasteiger partial charge in [-0.1, -0.05) is 11.6 Å². The Kier molecular flexibility index (Phi) is 3.90. The first kappa shape index (κ1) is 14.3. The fourth-order valence-corrected chi connectivity index (χ4v) is 1.82. The number of halogens is 3. The smallest absolute Gasteiger partial charge is 0.258 e. The molecule has 0 aromatic heterocycles. The summed E-state index contributed by atoms with van der Waals surface area (Å²) in [6.45, 7) is 1.44. The average Bonchev–Trinajstić information content (AvgIpc) is 2.38. The molecule has 0 bridgehead atoms. The number of rotatable bonds is 2. The number of aryl methyl sites for hydroxylation is 1. The maximum Gasteiger partial charge on any atom is 0.258 e. The first-order valence-electron chi connectivity index (χ1n) is 5.70. The van der Waals surface area contributed by atoms with E-state index in [1.807, 2.05) is 0 Å². The maximum absolute atomic E-state index is 13.6. The molecular weight excluding hydrogens is 286 g/mol. The monoisotopic (exact) mass is 296 g/mol. The molecule has 2 aromatic rings. The van der Waals surface area contributed by atoms with E-state index in [0.717, 1.165) is 6.07 Å². The fraction of sp³-hybridized carbons (Fsp3) is 0.0714. The van der Waals surface area contributed by atoms with Crippen molar-refractivity contribution in [1.29, 1.82) is 0 Å². The van der Waals surface area contributed by atoms with E-state index >= 15 is 0 Å². The second kappa shape index (κ2) is 5.46. The largest absolute Gasteiger partial charge is 0.399 e. The van der Waals surface area contributed by atoms with E-state index in [0.29, 0.717) is 11.8 Å². The number of amides is 1. The molecule has 3 nitrogen and oxygen atoms in total. The Bertz CT molecular complexity index is 689. The molecule has 0 aliphatic carbocycles. The third-order valence-corrected chi connectivity index (χ3v) is 3.06. The number of nitrogens with two attached hydrogens (primary N) is 1. The molecule has 2 rings (SSSR count). The van der Waals surface area contributed by atoms with E-state index in [4.69, 9.17) is 17.3 Å². The van der Waals surface area contributed by atoms with Crippen LogP contribution < -0.4 is 11.1 Å². The molecule has 1 amide bonds. The third kappa shape index (κ3) is 2.88. The van der Waals surface area contributed by atoms with Crippen LogP contribution in [0.5, 0.6) is 0 Å². The number of benzene rings is 2. The van der Waals surface area contributed by atoms with E-state index < -0.39 is 17.5 Å². The van der Waals surface area contributed by atoms with E-state index in [1.165, 1.54) is 19.1 Å². The minimum atomic E-state index is -0.939. The fourth-order valence-electron chi connectivity index (χ4n) is 1.66. The van der Waals surface area contributed by atoms with E-state index in [2.05, 4.69) is 5.32 Å². The summed E-state index contributed by atoms with van der Waals surface area (Å²) < 4.78 is 26.8. The second-order valence-corrected chi connectivity index (χ2v) is 4.68. The molecule has 6 heteroatoms. The summed E-state index contributed by atoms with van der Waals surface area (Å²) in [7, 11) is 0. The Labute approximate surface area is 119 Å². The standard InChI is InChI=1S/C14H11ClF2N2O/c1-7-4-9(12(17)6-11(7)16)14(20)19-13-5-8(18)2-3-10(13)15/h2-6H,18H2,1H3,(H,19,20). The Morgan fingerprint density at radius 1 is 1.20 bits per heavy atom. The molecule has 0 aliphatic heterocycles. The van der Waals surface area contributed by atoms with Crippen molar-refractivity contribution in [3.8, 4) is 0 Å². The molecule has 0 aliphatic rings. The summed E-state index contributed by atoms with van der Waals surface area (Å²) in [5, 5.41) is 2.71. The highest BCUT2D eigenvalue weighted by molar-refractivity contribution is 6.34. The number of anilines is 2. The molecular formula is C14H11ClF2N2O. The van der Waals surface area contributed by atoms with Crippen molar-refractivity contribution in [2.24, 2.45) is 0 Å². The normalized spacial score (nSPS) is 10.4. The lowest BCUT2D eigenvalue weighted by Gasteiger charge is -2.09. The molecule has 20 heavy (non-hydrogen) atoms. The van der Waals surface area contributed by atoms with Gasteiger partial charge in [-0.05, 0) is 36.8 Å². The molecule has 0 unspecified atom stereocenters. The van der Waals surface area contributed by atoms with Gasteiger partial charge in [0.25, 0.3) is 5.91 Å². The number of hydrogen-bond donors (Lipinski definition) is 2. The zero-order valence-corrected chi connectivity index (χ0v) is 11.3. The van der Waals surface area contributed by atoms with Crippen molar-refractivity contribution >= 4 is 28.9 Å². The van der Waals surface area contributed by atoms with Crippen LogP contribution in [0.25, 0.3) is 0 Å². The number of hydrogen-bond acceptors (Lipinski definition) is 2. The van der Waals surface area contributed by atoms with Gasteiger partial charge >= 0.3 is 0 Å². The zero-order valence-electron chi connectivity index (χ0n) is 10.5. The van der Waals surface area contributed by atoms with Gasteiger partial charge in [-0.3, -0.25) is 4.79 Å². The van der Waals surface area contributed by atoms with Crippen molar-refractivity contribution in [2.45, 2.75) is 6.92 Å². The number of nitrogen functional groups attached to an aromatic ring is 1. The summed E-state index contributed by atoms with van der Waals surface area (Å²) in [6, 6.07) is 6.35. The summed E-state index contributed by atoms with van der Waals surface area (Å²) >= 11 is 5.90. The minimum Gasteiger partial charge on any atom is -0.399 e. The highest BCUT2D eigenvalue weighted by atomic mass is 35.5. The topological polar surface area (TPSA) is 55.1 Å². The molecule has 0 saturated heterocycles. The summed E-state index contributed by atoms with van der Waals surface area (Å²) in [4.78, 5) is 12.0. The molecule has 104 valence electrons. The van der Waals surface area contributed by atoms with Crippen LogP contribution in [0.3, 0.4) is 0 Å². The van der Waals surface area contributed by atoms with Crippen LogP contribution in [0.1, 0.15) is 15.9 Å². The van der Waals surface area contributed by atoms with Crippen LogP contribution in [0, 0.1) is 18.6 Å². The Balaban J connectivity index is 2.33. The zero-order chi connectivity index (χ0) is 14.9. The lowest BCUT2D eigenvalue weighted by atomic mass is 10.1. The van der Waals surface area contributed by atoms with Crippen molar-refractivity contribution in [2.75, 3.05) is 11.1 Å². The summed E-state index contributed by atoms with van der Waals surface area (Å²) in [6.07, 6.45) is 0. The SMILES string of the molecule is Cc1cc(C(=O)Nc2cc(N)ccc2Cl)c(F)cc1F. The van der Waals surface area contributed by atoms with E-state index in [9.17, 15) is 13.6 Å². The summed E-state index contributed by atoms with van der Waals surface area (Å²) in [5.41, 5.74) is 6.16. The summed E-state index contributed by atoms with van der Waals surface area (Å²) in [5.74, 6) is -2.37. The number of carbonyl (C=O) groups is 1. The quantitative estimate of drug-likeness (QED) is 0.829. The molecule has 0 spiro atoms. The van der Waals surface area contributed by atoms with Crippen LogP contribution in [0.2, 0.25) is 5.02 Å². The molecule has 0 atom stereocenters. The highest BCUT2D eigenvalue weighted by Gasteiger charge is 2.15. The Morgan fingerprint density at radius 2 is 1.90 bits per heavy atom. The third-order valence-electron chi connectivity index (χ3n) is 2.73. The van der Waals surface area contributed by atoms with Gasteiger partial charge in [-0.15, -0.1) is 0 Å². The first-order chi connectivity index (χ1) is 9.38. The molecule has 0 fully saturated rings. The predicted molar refractivity (Wildman–Crippen MR) is 74.9 cm³/mol. The van der Waals surface area contributed by atoms with E-state index in [-0.39, 0.29) is 21.8 Å². The van der Waals surface area contributed by atoms with Crippen LogP contribution >= 0.6 is 11.6 Å². The Hall–Kier alpha value is -2.14. The average molecular weight is 297 g/mol. The lowest BCUT2D eigenvalue weighted by Crippen LogP contribution is -2.15. The van der Waals surface area contributed by atoms with Crippen molar-refractivity contribution in [3.63, 3.8) is 0 Å². The molecule has 2 aromatic carbocycles. The van der Waals surface area contributed by atoms with Gasteiger partial charge in [0, 0.05) is 11.8 Å². The van der Waals surface area contributed by atoms with Crippen molar-refractivity contribution in [1.82, 2.24) is 0 Å². The molecule has 3 N–H and O–H groups in total. The van der Waals surface area contributed by atoms with Gasteiger partial charge < -0.3 is 11.1 Å². The molecule has 0 radical (unpaired) electrons. The lowest BCUT2D eigenvalue weighted by molar-refractivity contribution is 0.102. The first-order valence-corrected chi connectivity index (χ1v) is 6.08. The van der Waals surface area contributed by atoms with Gasteiger partial charge in [-0.25, -0.2) is 8.78 Å². The van der Waals surface area contributed by atoms with Crippen LogP contribution in [-0.2, 0) is 0 Å². The van der Waals surface area contributed by atoms with Crippen LogP contribution in [-0.4, -0.2) is 5.91 Å². The number of carbonyl (C=O) groups excluding carboxylic acids is 1.